The summed E-state index contributed by atoms with van der Waals surface area (Å²) in [5.74, 6) is -3.82. The first-order valence-corrected chi connectivity index (χ1v) is 12.7. The Morgan fingerprint density at radius 2 is 1.76 bits per heavy atom. The number of nitrogens with one attached hydrogen (secondary N) is 1. The van der Waals surface area contributed by atoms with Crippen molar-refractivity contribution in [2.45, 2.75) is 60.6 Å². The van der Waals surface area contributed by atoms with Crippen LogP contribution in [-0.4, -0.2) is 57.3 Å². The van der Waals surface area contributed by atoms with E-state index >= 15 is 0 Å². The monoisotopic (exact) mass is 498 g/mol. The molecule has 1 amide bonds. The number of anilines is 1. The second-order valence-electron chi connectivity index (χ2n) is 9.44. The summed E-state index contributed by atoms with van der Waals surface area (Å²) in [6, 6.07) is 4.13. The zero-order chi connectivity index (χ0) is 25.0. The van der Waals surface area contributed by atoms with Crippen molar-refractivity contribution in [2.75, 3.05) is 5.32 Å². The highest BCUT2D eigenvalue weighted by atomic mass is 32.2. The predicted octanol–water partition coefficient (Wildman–Crippen LogP) is 1.99. The van der Waals surface area contributed by atoms with Gasteiger partial charge in [-0.1, -0.05) is 0 Å². The van der Waals surface area contributed by atoms with Crippen LogP contribution in [0.4, 0.5) is 14.5 Å². The number of carbonyl (C=O) groups excluding carboxylic acids is 1. The Morgan fingerprint density at radius 1 is 1.15 bits per heavy atom. The van der Waals surface area contributed by atoms with Crippen LogP contribution in [0.25, 0.3) is 0 Å². The first-order valence-electron chi connectivity index (χ1n) is 11.1. The molecule has 0 saturated heterocycles. The zero-order valence-electron chi connectivity index (χ0n) is 18.8. The molecule has 0 aliphatic heterocycles. The van der Waals surface area contributed by atoms with Crippen molar-refractivity contribution >= 4 is 21.4 Å². The van der Waals surface area contributed by atoms with Crippen molar-refractivity contribution in [3.8, 4) is 0 Å². The van der Waals surface area contributed by atoms with Crippen molar-refractivity contribution in [2.24, 2.45) is 18.9 Å². The molecular weight excluding hydrogens is 470 g/mol. The van der Waals surface area contributed by atoms with E-state index in [2.05, 4.69) is 5.32 Å². The third-order valence-corrected chi connectivity index (χ3v) is 9.50. The number of rotatable bonds is 6. The van der Waals surface area contributed by atoms with Crippen LogP contribution in [0.5, 0.6) is 0 Å². The van der Waals surface area contributed by atoms with Crippen LogP contribution in [0, 0.1) is 23.5 Å². The highest BCUT2D eigenvalue weighted by Crippen LogP contribution is 2.53. The van der Waals surface area contributed by atoms with Gasteiger partial charge in [0.25, 0.3) is 5.91 Å². The summed E-state index contributed by atoms with van der Waals surface area (Å²) in [7, 11) is -2.37. The van der Waals surface area contributed by atoms with Crippen molar-refractivity contribution in [1.29, 1.82) is 0 Å². The van der Waals surface area contributed by atoms with Crippen LogP contribution in [0.3, 0.4) is 0 Å². The minimum atomic E-state index is -3.87. The number of amides is 1. The van der Waals surface area contributed by atoms with Gasteiger partial charge in [0.1, 0.15) is 11.8 Å². The lowest BCUT2D eigenvalue weighted by Crippen LogP contribution is -2.58. The van der Waals surface area contributed by atoms with Crippen LogP contribution in [-0.2, 0) is 16.9 Å². The summed E-state index contributed by atoms with van der Waals surface area (Å²) in [5.41, 5.74) is -1.50. The van der Waals surface area contributed by atoms with Gasteiger partial charge in [-0.05, 0) is 62.6 Å². The number of aliphatic hydroxyl groups excluding tert-OH is 2. The number of aryl methyl sites for hydroxylation is 1. The van der Waals surface area contributed by atoms with Crippen LogP contribution >= 0.6 is 0 Å². The topological polar surface area (TPSA) is 129 Å². The molecule has 186 valence electrons. The number of aromatic nitrogens is 1. The summed E-state index contributed by atoms with van der Waals surface area (Å²) in [6.07, 6.45) is 0.168. The maximum absolute atomic E-state index is 13.4. The van der Waals surface area contributed by atoms with Gasteiger partial charge in [-0.3, -0.25) is 4.79 Å². The number of hydrogen-bond donors (Lipinski definition) is 4. The van der Waals surface area contributed by atoms with E-state index in [1.165, 1.54) is 36.9 Å². The van der Waals surface area contributed by atoms with Gasteiger partial charge in [0.15, 0.2) is 21.5 Å². The number of carbonyl (C=O) groups is 1. The van der Waals surface area contributed by atoms with Gasteiger partial charge in [0.05, 0.1) is 21.9 Å². The number of halogens is 2. The molecule has 1 heterocycles. The number of aliphatic hydroxyl groups is 3. The van der Waals surface area contributed by atoms with Crippen LogP contribution in [0.15, 0.2) is 35.4 Å². The Balaban J connectivity index is 1.55. The first kappa shape index (κ1) is 24.8. The maximum atomic E-state index is 13.4. The molecule has 2 aliphatic carbocycles. The smallest absolute Gasteiger partial charge is 0.272 e. The van der Waals surface area contributed by atoms with E-state index in [4.69, 9.17) is 0 Å². The third kappa shape index (κ3) is 4.04. The third-order valence-electron chi connectivity index (χ3n) is 7.35. The van der Waals surface area contributed by atoms with Gasteiger partial charge >= 0.3 is 0 Å². The fourth-order valence-corrected chi connectivity index (χ4v) is 7.48. The molecule has 2 aromatic rings. The summed E-state index contributed by atoms with van der Waals surface area (Å²) >= 11 is 0. The van der Waals surface area contributed by atoms with E-state index in [-0.39, 0.29) is 29.1 Å². The molecule has 0 radical (unpaired) electrons. The standard InChI is InChI=1S/C23H28F2N2O6S/c1-12(28)21(29)23(31)13-3-4-14(23)8-16(7-13)34(32,33)17-10-20(27(2)11-17)22(30)26-15-5-6-18(24)19(25)9-15/h5-6,9-14,16,21,28-29,31H,3-4,7-8H2,1-2H3,(H,26,30)/t12-,13?,14?,16?,21+,23?/m0/s1. The average Bonchev–Trinajstić information content (AvgIpc) is 3.21. The van der Waals surface area contributed by atoms with Gasteiger partial charge in [-0.2, -0.15) is 0 Å². The van der Waals surface area contributed by atoms with Crippen molar-refractivity contribution in [1.82, 2.24) is 4.57 Å². The molecule has 4 N–H and O–H groups in total. The fourth-order valence-electron chi connectivity index (χ4n) is 5.54. The average molecular weight is 499 g/mol. The highest BCUT2D eigenvalue weighted by molar-refractivity contribution is 7.92. The summed E-state index contributed by atoms with van der Waals surface area (Å²) in [4.78, 5) is 12.6. The van der Waals surface area contributed by atoms with E-state index < -0.39 is 62.3 Å². The van der Waals surface area contributed by atoms with E-state index in [0.717, 1.165) is 12.1 Å². The fraction of sp³-hybridized carbons (Fsp3) is 0.522. The van der Waals surface area contributed by atoms with Crippen molar-refractivity contribution in [3.05, 3.63) is 47.8 Å². The molecule has 1 aromatic heterocycles. The Morgan fingerprint density at radius 3 is 2.32 bits per heavy atom. The molecule has 2 aliphatic rings. The van der Waals surface area contributed by atoms with Gasteiger partial charge < -0.3 is 25.2 Å². The summed E-state index contributed by atoms with van der Waals surface area (Å²) in [6.45, 7) is 1.39. The highest BCUT2D eigenvalue weighted by Gasteiger charge is 2.59. The minimum absolute atomic E-state index is 0.0168. The zero-order valence-corrected chi connectivity index (χ0v) is 19.6. The second-order valence-corrected chi connectivity index (χ2v) is 11.7. The number of nitrogens with zero attached hydrogens (tertiary/aromatic N) is 1. The van der Waals surface area contributed by atoms with E-state index in [1.807, 2.05) is 0 Å². The summed E-state index contributed by atoms with van der Waals surface area (Å²) < 4.78 is 54.7. The molecule has 2 fully saturated rings. The van der Waals surface area contributed by atoms with Gasteiger partial charge in [-0.25, -0.2) is 17.2 Å². The Bertz CT molecular complexity index is 1200. The van der Waals surface area contributed by atoms with Crippen LogP contribution in [0.1, 0.15) is 43.1 Å². The van der Waals surface area contributed by atoms with Crippen LogP contribution < -0.4 is 5.32 Å². The van der Waals surface area contributed by atoms with E-state index in [0.29, 0.717) is 12.8 Å². The molecule has 11 heteroatoms. The predicted molar refractivity (Wildman–Crippen MR) is 119 cm³/mol. The molecule has 4 rings (SSSR count). The second kappa shape index (κ2) is 8.71. The number of hydrogen-bond acceptors (Lipinski definition) is 6. The summed E-state index contributed by atoms with van der Waals surface area (Å²) in [5, 5.41) is 33.0. The minimum Gasteiger partial charge on any atom is -0.391 e. The van der Waals surface area contributed by atoms with E-state index in [1.54, 1.807) is 0 Å². The Hall–Kier alpha value is -2.34. The van der Waals surface area contributed by atoms with Crippen molar-refractivity contribution < 1.29 is 37.3 Å². The van der Waals surface area contributed by atoms with Gasteiger partial charge in [-0.15, -0.1) is 0 Å². The number of benzene rings is 1. The number of fused-ring (bicyclic) bond motifs is 2. The first-order chi connectivity index (χ1) is 15.9. The molecule has 2 unspecified atom stereocenters. The largest absolute Gasteiger partial charge is 0.391 e. The Labute approximate surface area is 196 Å². The Kier molecular flexibility index (Phi) is 6.34. The number of sulfone groups is 1. The van der Waals surface area contributed by atoms with Crippen LogP contribution in [0.2, 0.25) is 0 Å². The molecule has 1 aromatic carbocycles. The quantitative estimate of drug-likeness (QED) is 0.482. The van der Waals surface area contributed by atoms with Gasteiger partial charge in [0.2, 0.25) is 0 Å². The van der Waals surface area contributed by atoms with Crippen molar-refractivity contribution in [3.63, 3.8) is 0 Å². The molecular formula is C23H28F2N2O6S. The maximum Gasteiger partial charge on any atom is 0.272 e. The SMILES string of the molecule is C[C@H](O)[C@@H](O)C1(O)C2CCC1CC(S(=O)(=O)c1cc(C(=O)Nc3ccc(F)c(F)c3)n(C)c1)C2. The van der Waals surface area contributed by atoms with E-state index in [9.17, 15) is 37.3 Å². The lowest BCUT2D eigenvalue weighted by atomic mass is 9.70. The normalized spacial score (nSPS) is 28.5. The lowest BCUT2D eigenvalue weighted by molar-refractivity contribution is -0.172. The molecule has 34 heavy (non-hydrogen) atoms. The molecule has 0 spiro atoms. The van der Waals surface area contributed by atoms with Gasteiger partial charge in [0, 0.05) is 25.0 Å². The molecule has 4 atom stereocenters. The molecule has 2 saturated carbocycles. The molecule has 2 bridgehead atoms. The molecule has 8 nitrogen and oxygen atoms in total. The lowest BCUT2D eigenvalue weighted by Gasteiger charge is -2.46.